The minimum atomic E-state index is -0.601. The van der Waals surface area contributed by atoms with Gasteiger partial charge < -0.3 is 10.4 Å². The zero-order valence-corrected chi connectivity index (χ0v) is 14.9. The van der Waals surface area contributed by atoms with E-state index in [0.717, 1.165) is 11.3 Å². The highest BCUT2D eigenvalue weighted by Gasteiger charge is 2.23. The lowest BCUT2D eigenvalue weighted by Gasteiger charge is -2.29. The van der Waals surface area contributed by atoms with Crippen molar-refractivity contribution in [3.63, 3.8) is 0 Å². The van der Waals surface area contributed by atoms with Gasteiger partial charge in [0.1, 0.15) is 5.82 Å². The Labute approximate surface area is 148 Å². The summed E-state index contributed by atoms with van der Waals surface area (Å²) in [6, 6.07) is 7.73. The molecule has 1 unspecified atom stereocenters. The number of aromatic nitrogens is 2. The first-order valence-corrected chi connectivity index (χ1v) is 8.85. The van der Waals surface area contributed by atoms with Gasteiger partial charge in [-0.05, 0) is 38.0 Å². The van der Waals surface area contributed by atoms with E-state index in [0.29, 0.717) is 23.6 Å². The van der Waals surface area contributed by atoms with Gasteiger partial charge in [0.25, 0.3) is 5.56 Å². The molecule has 2 heterocycles. The van der Waals surface area contributed by atoms with Crippen LogP contribution in [-0.4, -0.2) is 26.6 Å². The highest BCUT2D eigenvalue weighted by molar-refractivity contribution is 7.15. The summed E-state index contributed by atoms with van der Waals surface area (Å²) in [4.78, 5) is 17.4. The minimum Gasteiger partial charge on any atom is -0.394 e. The van der Waals surface area contributed by atoms with Gasteiger partial charge in [-0.2, -0.15) is 0 Å². The number of thiazole rings is 1. The molecule has 0 spiro atoms. The quantitative estimate of drug-likeness (QED) is 0.707. The molecular formula is C18H20FN3O2S. The second kappa shape index (κ2) is 7.03. The van der Waals surface area contributed by atoms with E-state index in [9.17, 15) is 14.3 Å². The third kappa shape index (κ3) is 3.95. The molecule has 132 valence electrons. The fourth-order valence-corrected chi connectivity index (χ4v) is 3.61. The number of aliphatic hydroxyl groups is 1. The van der Waals surface area contributed by atoms with E-state index < -0.39 is 5.54 Å². The molecule has 0 aliphatic heterocycles. The van der Waals surface area contributed by atoms with E-state index in [1.54, 1.807) is 16.5 Å². The van der Waals surface area contributed by atoms with Crippen LogP contribution >= 0.6 is 11.3 Å². The van der Waals surface area contributed by atoms with Crippen molar-refractivity contribution >= 4 is 16.3 Å². The van der Waals surface area contributed by atoms with Crippen molar-refractivity contribution in [3.05, 3.63) is 68.8 Å². The molecule has 0 aliphatic carbocycles. The highest BCUT2D eigenvalue weighted by atomic mass is 32.1. The van der Waals surface area contributed by atoms with E-state index in [1.807, 2.05) is 19.2 Å². The Balaban J connectivity index is 1.76. The van der Waals surface area contributed by atoms with Crippen molar-refractivity contribution < 1.29 is 9.50 Å². The van der Waals surface area contributed by atoms with Crippen LogP contribution in [-0.2, 0) is 13.0 Å². The van der Waals surface area contributed by atoms with Crippen LogP contribution in [0.4, 0.5) is 4.39 Å². The Morgan fingerprint density at radius 2 is 2.08 bits per heavy atom. The molecule has 25 heavy (non-hydrogen) atoms. The van der Waals surface area contributed by atoms with Crippen LogP contribution in [0, 0.1) is 12.7 Å². The molecule has 7 heteroatoms. The Morgan fingerprint density at radius 3 is 2.76 bits per heavy atom. The lowest BCUT2D eigenvalue weighted by molar-refractivity contribution is 0.172. The van der Waals surface area contributed by atoms with Gasteiger partial charge in [-0.15, -0.1) is 11.3 Å². The Morgan fingerprint density at radius 1 is 1.36 bits per heavy atom. The molecule has 1 aromatic carbocycles. The zero-order valence-electron chi connectivity index (χ0n) is 14.1. The fourth-order valence-electron chi connectivity index (χ4n) is 2.72. The minimum absolute atomic E-state index is 0.0935. The summed E-state index contributed by atoms with van der Waals surface area (Å²) >= 11 is 1.42. The lowest BCUT2D eigenvalue weighted by atomic mass is 9.93. The van der Waals surface area contributed by atoms with Crippen LogP contribution in [0.1, 0.15) is 23.9 Å². The van der Waals surface area contributed by atoms with E-state index in [1.165, 1.54) is 29.5 Å². The van der Waals surface area contributed by atoms with Crippen molar-refractivity contribution in [2.24, 2.45) is 0 Å². The zero-order chi connectivity index (χ0) is 18.0. The number of aryl methyl sites for hydroxylation is 1. The normalized spacial score (nSPS) is 13.9. The molecule has 5 nitrogen and oxygen atoms in total. The molecule has 0 saturated heterocycles. The van der Waals surface area contributed by atoms with Gasteiger partial charge in [0, 0.05) is 29.2 Å². The maximum atomic E-state index is 13.0. The van der Waals surface area contributed by atoms with Gasteiger partial charge in [0.15, 0.2) is 4.96 Å². The summed E-state index contributed by atoms with van der Waals surface area (Å²) in [5.41, 5.74) is 1.71. The van der Waals surface area contributed by atoms with Crippen LogP contribution in [0.2, 0.25) is 0 Å². The summed E-state index contributed by atoms with van der Waals surface area (Å²) in [5.74, 6) is -0.286. The van der Waals surface area contributed by atoms with E-state index >= 15 is 0 Å². The van der Waals surface area contributed by atoms with Crippen molar-refractivity contribution in [2.45, 2.75) is 32.4 Å². The average molecular weight is 361 g/mol. The van der Waals surface area contributed by atoms with Gasteiger partial charge in [-0.3, -0.25) is 9.20 Å². The topological polar surface area (TPSA) is 66.6 Å². The summed E-state index contributed by atoms with van der Waals surface area (Å²) in [7, 11) is 0. The Kier molecular flexibility index (Phi) is 4.99. The second-order valence-electron chi connectivity index (χ2n) is 6.46. The predicted octanol–water partition coefficient (Wildman–Crippen LogP) is 2.29. The van der Waals surface area contributed by atoms with Crippen molar-refractivity contribution in [3.8, 4) is 0 Å². The molecule has 3 aromatic rings. The molecule has 0 bridgehead atoms. The molecule has 2 N–H and O–H groups in total. The summed E-state index contributed by atoms with van der Waals surface area (Å²) in [5, 5.41) is 15.0. The molecule has 0 amide bonds. The van der Waals surface area contributed by atoms with Gasteiger partial charge in [0.05, 0.1) is 12.3 Å². The monoisotopic (exact) mass is 361 g/mol. The number of nitrogens with zero attached hydrogens (tertiary/aromatic N) is 2. The molecule has 0 saturated carbocycles. The number of nitrogens with one attached hydrogen (secondary N) is 1. The van der Waals surface area contributed by atoms with Crippen molar-refractivity contribution in [1.29, 1.82) is 0 Å². The number of hydrogen-bond acceptors (Lipinski definition) is 5. The fraction of sp³-hybridized carbons (Fsp3) is 0.333. The molecule has 0 fully saturated rings. The average Bonchev–Trinajstić information content (AvgIpc) is 2.97. The number of rotatable bonds is 6. The van der Waals surface area contributed by atoms with Gasteiger partial charge >= 0.3 is 0 Å². The predicted molar refractivity (Wildman–Crippen MR) is 96.5 cm³/mol. The molecule has 1 atom stereocenters. The van der Waals surface area contributed by atoms with Crippen LogP contribution < -0.4 is 10.9 Å². The number of benzene rings is 1. The summed E-state index contributed by atoms with van der Waals surface area (Å²) in [6.45, 7) is 4.03. The first kappa shape index (κ1) is 17.7. The number of fused-ring (bicyclic) bond motifs is 1. The van der Waals surface area contributed by atoms with Crippen molar-refractivity contribution in [1.82, 2.24) is 14.7 Å². The maximum Gasteiger partial charge on any atom is 0.259 e. The second-order valence-corrected chi connectivity index (χ2v) is 7.29. The Hall–Kier alpha value is -2.09. The number of halogens is 1. The first-order valence-electron chi connectivity index (χ1n) is 7.97. The summed E-state index contributed by atoms with van der Waals surface area (Å²) < 4.78 is 14.6. The number of hydrogen-bond donors (Lipinski definition) is 2. The number of aliphatic hydroxyl groups excluding tert-OH is 1. The van der Waals surface area contributed by atoms with Crippen molar-refractivity contribution in [2.75, 3.05) is 6.61 Å². The smallest absolute Gasteiger partial charge is 0.259 e. The molecule has 0 aliphatic rings. The van der Waals surface area contributed by atoms with E-state index in [-0.39, 0.29) is 18.0 Å². The maximum absolute atomic E-state index is 13.0. The van der Waals surface area contributed by atoms with E-state index in [2.05, 4.69) is 10.3 Å². The van der Waals surface area contributed by atoms with E-state index in [4.69, 9.17) is 0 Å². The summed E-state index contributed by atoms with van der Waals surface area (Å²) in [6.07, 6.45) is 0.531. The van der Waals surface area contributed by atoms with Gasteiger partial charge in [-0.1, -0.05) is 12.1 Å². The van der Waals surface area contributed by atoms with Crippen LogP contribution in [0.25, 0.3) is 4.96 Å². The van der Waals surface area contributed by atoms with Crippen LogP contribution in [0.15, 0.2) is 40.5 Å². The van der Waals surface area contributed by atoms with Crippen LogP contribution in [0.5, 0.6) is 0 Å². The molecule has 0 radical (unpaired) electrons. The molecule has 3 rings (SSSR count). The highest BCUT2D eigenvalue weighted by Crippen LogP contribution is 2.15. The molecular weight excluding hydrogens is 341 g/mol. The third-order valence-electron chi connectivity index (χ3n) is 4.18. The van der Waals surface area contributed by atoms with Gasteiger partial charge in [0.2, 0.25) is 0 Å². The SMILES string of the molecule is Cc1csc2nc(CNC(C)(CO)Cc3ccc(F)cc3)cc(=O)n12. The standard InChI is InChI=1S/C18H20FN3O2S/c1-12-10-25-17-21-15(7-16(24)22(12)17)9-20-18(2,11-23)8-13-3-5-14(19)6-4-13/h3-7,10,20,23H,8-9,11H2,1-2H3. The third-order valence-corrected chi connectivity index (χ3v) is 5.13. The van der Waals surface area contributed by atoms with Crippen LogP contribution in [0.3, 0.4) is 0 Å². The Bertz CT molecular complexity index is 936. The van der Waals surface area contributed by atoms with Gasteiger partial charge in [-0.25, -0.2) is 9.37 Å². The molecule has 2 aromatic heterocycles. The first-order chi connectivity index (χ1) is 11.9. The lowest BCUT2D eigenvalue weighted by Crippen LogP contribution is -2.47. The largest absolute Gasteiger partial charge is 0.394 e.